The molecule has 0 N–H and O–H groups in total. The lowest BCUT2D eigenvalue weighted by atomic mass is 10.1. The zero-order valence-electron chi connectivity index (χ0n) is 11.2. The Labute approximate surface area is 119 Å². The highest BCUT2D eigenvalue weighted by Crippen LogP contribution is 2.14. The number of carbonyl (C=O) groups is 1. The first-order chi connectivity index (χ1) is 9.51. The predicted octanol–water partition coefficient (Wildman–Crippen LogP) is 2.82. The Morgan fingerprint density at radius 1 is 0.950 bits per heavy atom. The molecule has 0 aliphatic carbocycles. The third-order valence-electron chi connectivity index (χ3n) is 3.16. The minimum Gasteiger partial charge on any atom is -0.298 e. The fourth-order valence-corrected chi connectivity index (χ4v) is 3.17. The molecule has 0 fully saturated rings. The van der Waals surface area contributed by atoms with Crippen LogP contribution in [0.1, 0.15) is 21.5 Å². The van der Waals surface area contributed by atoms with E-state index < -0.39 is 9.84 Å². The van der Waals surface area contributed by atoms with Crippen molar-refractivity contribution in [3.63, 3.8) is 0 Å². The molecular formula is C16H16O3S. The Bertz CT molecular complexity index is 684. The van der Waals surface area contributed by atoms with Crippen molar-refractivity contribution in [2.24, 2.45) is 0 Å². The van der Waals surface area contributed by atoms with Gasteiger partial charge in [-0.1, -0.05) is 42.0 Å². The molecular weight excluding hydrogens is 272 g/mol. The molecule has 0 saturated heterocycles. The van der Waals surface area contributed by atoms with Crippen LogP contribution in [0.4, 0.5) is 0 Å². The van der Waals surface area contributed by atoms with E-state index >= 15 is 0 Å². The quantitative estimate of drug-likeness (QED) is 0.795. The molecule has 104 valence electrons. The number of aldehydes is 1. The fraction of sp³-hybridized carbons (Fsp3) is 0.188. The minimum absolute atomic E-state index is 0.0660. The average molecular weight is 288 g/mol. The lowest BCUT2D eigenvalue weighted by Crippen LogP contribution is -2.09. The first-order valence-corrected chi connectivity index (χ1v) is 8.00. The van der Waals surface area contributed by atoms with E-state index in [1.807, 2.05) is 6.92 Å². The summed E-state index contributed by atoms with van der Waals surface area (Å²) >= 11 is 0. The second kappa shape index (κ2) is 6.01. The van der Waals surface area contributed by atoms with Crippen LogP contribution in [0.15, 0.2) is 53.4 Å². The second-order valence-electron chi connectivity index (χ2n) is 4.74. The lowest BCUT2D eigenvalue weighted by Gasteiger charge is -2.05. The van der Waals surface area contributed by atoms with E-state index in [1.54, 1.807) is 48.5 Å². The van der Waals surface area contributed by atoms with E-state index in [1.165, 1.54) is 0 Å². The number of hydrogen-bond acceptors (Lipinski definition) is 3. The highest BCUT2D eigenvalue weighted by atomic mass is 32.2. The third-order valence-corrected chi connectivity index (χ3v) is 4.89. The molecule has 3 nitrogen and oxygen atoms in total. The van der Waals surface area contributed by atoms with Gasteiger partial charge in [-0.3, -0.25) is 4.79 Å². The van der Waals surface area contributed by atoms with Crippen molar-refractivity contribution < 1.29 is 13.2 Å². The van der Waals surface area contributed by atoms with Crippen LogP contribution < -0.4 is 0 Å². The van der Waals surface area contributed by atoms with Crippen molar-refractivity contribution >= 4 is 16.1 Å². The van der Waals surface area contributed by atoms with Gasteiger partial charge in [0.15, 0.2) is 9.84 Å². The van der Waals surface area contributed by atoms with E-state index in [4.69, 9.17) is 0 Å². The number of rotatable bonds is 5. The average Bonchev–Trinajstić information content (AvgIpc) is 2.46. The minimum atomic E-state index is -3.26. The Kier molecular flexibility index (Phi) is 4.35. The SMILES string of the molecule is Cc1ccc(S(=O)(=O)CCc2ccc(C=O)cc2)cc1. The van der Waals surface area contributed by atoms with E-state index in [-0.39, 0.29) is 5.75 Å². The topological polar surface area (TPSA) is 51.2 Å². The number of aryl methyl sites for hydroxylation is 2. The van der Waals surface area contributed by atoms with Gasteiger partial charge < -0.3 is 0 Å². The molecule has 0 unspecified atom stereocenters. The van der Waals surface area contributed by atoms with Gasteiger partial charge in [0.05, 0.1) is 10.6 Å². The zero-order chi connectivity index (χ0) is 14.6. The summed E-state index contributed by atoms with van der Waals surface area (Å²) in [5.41, 5.74) is 2.54. The number of carbonyl (C=O) groups excluding carboxylic acids is 1. The van der Waals surface area contributed by atoms with Crippen LogP contribution in [0.5, 0.6) is 0 Å². The largest absolute Gasteiger partial charge is 0.298 e. The highest BCUT2D eigenvalue weighted by molar-refractivity contribution is 7.91. The van der Waals surface area contributed by atoms with Gasteiger partial charge in [-0.2, -0.15) is 0 Å². The van der Waals surface area contributed by atoms with E-state index in [0.29, 0.717) is 16.9 Å². The Morgan fingerprint density at radius 3 is 2.10 bits per heavy atom. The number of benzene rings is 2. The second-order valence-corrected chi connectivity index (χ2v) is 6.85. The van der Waals surface area contributed by atoms with Crippen LogP contribution in [0.2, 0.25) is 0 Å². The van der Waals surface area contributed by atoms with Gasteiger partial charge >= 0.3 is 0 Å². The van der Waals surface area contributed by atoms with Crippen LogP contribution in [0.25, 0.3) is 0 Å². The van der Waals surface area contributed by atoms with Crippen LogP contribution in [0, 0.1) is 6.92 Å². The molecule has 0 aromatic heterocycles. The molecule has 0 saturated carbocycles. The Hall–Kier alpha value is -1.94. The van der Waals surface area contributed by atoms with E-state index in [0.717, 1.165) is 17.4 Å². The Balaban J connectivity index is 2.08. The number of hydrogen-bond donors (Lipinski definition) is 0. The molecule has 0 spiro atoms. The van der Waals surface area contributed by atoms with Gasteiger partial charge in [-0.05, 0) is 31.0 Å². The summed E-state index contributed by atoms with van der Waals surface area (Å²) in [5.74, 6) is 0.0660. The lowest BCUT2D eigenvalue weighted by molar-refractivity contribution is 0.112. The monoisotopic (exact) mass is 288 g/mol. The molecule has 0 atom stereocenters. The zero-order valence-corrected chi connectivity index (χ0v) is 12.1. The normalized spacial score (nSPS) is 11.2. The van der Waals surface area contributed by atoms with Crippen molar-refractivity contribution in [3.8, 4) is 0 Å². The molecule has 0 heterocycles. The summed E-state index contributed by atoms with van der Waals surface area (Å²) in [6.45, 7) is 1.92. The van der Waals surface area contributed by atoms with E-state index in [2.05, 4.69) is 0 Å². The van der Waals surface area contributed by atoms with Crippen LogP contribution in [-0.2, 0) is 16.3 Å². The van der Waals surface area contributed by atoms with Crippen molar-refractivity contribution in [2.45, 2.75) is 18.2 Å². The number of sulfone groups is 1. The standard InChI is InChI=1S/C16H16O3S/c1-13-2-8-16(9-3-13)20(18,19)11-10-14-4-6-15(12-17)7-5-14/h2-9,12H,10-11H2,1H3. The van der Waals surface area contributed by atoms with Gasteiger partial charge in [0.2, 0.25) is 0 Å². The summed E-state index contributed by atoms with van der Waals surface area (Å²) in [6.07, 6.45) is 1.21. The van der Waals surface area contributed by atoms with Crippen molar-refractivity contribution in [3.05, 3.63) is 65.2 Å². The molecule has 20 heavy (non-hydrogen) atoms. The summed E-state index contributed by atoms with van der Waals surface area (Å²) < 4.78 is 24.4. The molecule has 2 aromatic carbocycles. The first-order valence-electron chi connectivity index (χ1n) is 6.35. The van der Waals surface area contributed by atoms with Crippen molar-refractivity contribution in [1.82, 2.24) is 0 Å². The maximum Gasteiger partial charge on any atom is 0.178 e. The third kappa shape index (κ3) is 3.54. The maximum atomic E-state index is 12.2. The van der Waals surface area contributed by atoms with Gasteiger partial charge in [-0.15, -0.1) is 0 Å². The first kappa shape index (κ1) is 14.5. The smallest absolute Gasteiger partial charge is 0.178 e. The van der Waals surface area contributed by atoms with E-state index in [9.17, 15) is 13.2 Å². The van der Waals surface area contributed by atoms with Crippen LogP contribution >= 0.6 is 0 Å². The molecule has 2 rings (SSSR count). The van der Waals surface area contributed by atoms with Gasteiger partial charge in [0, 0.05) is 5.56 Å². The molecule has 0 amide bonds. The van der Waals surface area contributed by atoms with Gasteiger partial charge in [-0.25, -0.2) is 8.42 Å². The molecule has 4 heteroatoms. The maximum absolute atomic E-state index is 12.2. The summed E-state index contributed by atoms with van der Waals surface area (Å²) in [5, 5.41) is 0. The van der Waals surface area contributed by atoms with Crippen molar-refractivity contribution in [1.29, 1.82) is 0 Å². The summed E-state index contributed by atoms with van der Waals surface area (Å²) in [7, 11) is -3.26. The molecule has 0 aliphatic heterocycles. The van der Waals surface area contributed by atoms with Gasteiger partial charge in [0.1, 0.15) is 6.29 Å². The van der Waals surface area contributed by atoms with Crippen LogP contribution in [-0.4, -0.2) is 20.5 Å². The fourth-order valence-electron chi connectivity index (χ4n) is 1.88. The summed E-state index contributed by atoms with van der Waals surface area (Å²) in [4.78, 5) is 10.9. The van der Waals surface area contributed by atoms with Gasteiger partial charge in [0.25, 0.3) is 0 Å². The Morgan fingerprint density at radius 2 is 1.55 bits per heavy atom. The highest BCUT2D eigenvalue weighted by Gasteiger charge is 2.13. The van der Waals surface area contributed by atoms with Crippen molar-refractivity contribution in [2.75, 3.05) is 5.75 Å². The molecule has 0 bridgehead atoms. The molecule has 2 aromatic rings. The molecule has 0 radical (unpaired) electrons. The summed E-state index contributed by atoms with van der Waals surface area (Å²) in [6, 6.07) is 13.8. The molecule has 0 aliphatic rings. The van der Waals surface area contributed by atoms with Crippen LogP contribution in [0.3, 0.4) is 0 Å². The predicted molar refractivity (Wildman–Crippen MR) is 78.8 cm³/mol.